The summed E-state index contributed by atoms with van der Waals surface area (Å²) in [5.41, 5.74) is 0. The van der Waals surface area contributed by atoms with Crippen LogP contribution in [0.1, 0.15) is 46.5 Å². The van der Waals surface area contributed by atoms with Crippen molar-refractivity contribution in [2.45, 2.75) is 52.5 Å². The monoisotopic (exact) mass is 588 g/mol. The Morgan fingerprint density at radius 3 is 2.07 bits per heavy atom. The van der Waals surface area contributed by atoms with Crippen molar-refractivity contribution in [3.05, 3.63) is 0 Å². The van der Waals surface area contributed by atoms with Crippen molar-refractivity contribution < 1.29 is 47.7 Å². The fourth-order valence-electron chi connectivity index (χ4n) is 3.54. The number of carbonyl (C=O) groups is 5. The molecular formula is C27H48N4O10. The third kappa shape index (κ3) is 19.2. The minimum atomic E-state index is -0.717. The van der Waals surface area contributed by atoms with E-state index in [9.17, 15) is 24.0 Å². The molecule has 0 unspecified atom stereocenters. The maximum absolute atomic E-state index is 12.2. The summed E-state index contributed by atoms with van der Waals surface area (Å²) in [4.78, 5) is 60.7. The van der Waals surface area contributed by atoms with Crippen LogP contribution in [0.5, 0.6) is 0 Å². The predicted molar refractivity (Wildman–Crippen MR) is 148 cm³/mol. The van der Waals surface area contributed by atoms with Crippen molar-refractivity contribution in [3.8, 4) is 0 Å². The van der Waals surface area contributed by atoms with Crippen molar-refractivity contribution in [2.24, 2.45) is 5.92 Å². The van der Waals surface area contributed by atoms with E-state index in [1.165, 1.54) is 6.92 Å². The second-order valence-corrected chi connectivity index (χ2v) is 9.81. The predicted octanol–water partition coefficient (Wildman–Crippen LogP) is -0.608. The molecule has 1 rings (SSSR count). The van der Waals surface area contributed by atoms with E-state index in [2.05, 4.69) is 16.0 Å². The molecule has 0 aromatic heterocycles. The molecule has 1 fully saturated rings. The Kier molecular flexibility index (Phi) is 20.4. The molecule has 41 heavy (non-hydrogen) atoms. The zero-order valence-electron chi connectivity index (χ0n) is 24.7. The Labute approximate surface area is 242 Å². The average Bonchev–Trinajstić information content (AvgIpc) is 3.14. The fraction of sp³-hybridized carbons (Fsp3) is 0.815. The van der Waals surface area contributed by atoms with Gasteiger partial charge in [0.25, 0.3) is 0 Å². The number of Topliss-reactive ketones (excluding diaryl/α,β-unsaturated/α-hetero) is 1. The van der Waals surface area contributed by atoms with Gasteiger partial charge in [0.15, 0.2) is 0 Å². The first kappa shape index (κ1) is 36.4. The molecule has 0 aromatic rings. The zero-order chi connectivity index (χ0) is 30.3. The lowest BCUT2D eigenvalue weighted by Crippen LogP contribution is -2.50. The van der Waals surface area contributed by atoms with Crippen LogP contribution in [-0.2, 0) is 47.7 Å². The molecule has 1 atom stereocenters. The minimum Gasteiger partial charge on any atom is -0.379 e. The van der Waals surface area contributed by atoms with Gasteiger partial charge in [0, 0.05) is 39.0 Å². The molecule has 0 aromatic carbocycles. The molecule has 0 aliphatic carbocycles. The van der Waals surface area contributed by atoms with Gasteiger partial charge in [-0.05, 0) is 19.3 Å². The summed E-state index contributed by atoms with van der Waals surface area (Å²) >= 11 is 0. The first-order valence-electron chi connectivity index (χ1n) is 14.2. The van der Waals surface area contributed by atoms with E-state index in [0.29, 0.717) is 78.8 Å². The summed E-state index contributed by atoms with van der Waals surface area (Å²) in [6.07, 6.45) is 1.49. The van der Waals surface area contributed by atoms with Crippen molar-refractivity contribution in [3.63, 3.8) is 0 Å². The van der Waals surface area contributed by atoms with Gasteiger partial charge in [-0.25, -0.2) is 0 Å². The van der Waals surface area contributed by atoms with Crippen molar-refractivity contribution in [1.29, 1.82) is 0 Å². The summed E-state index contributed by atoms with van der Waals surface area (Å²) in [5, 5.41) is 7.95. The van der Waals surface area contributed by atoms with Gasteiger partial charge >= 0.3 is 0 Å². The summed E-state index contributed by atoms with van der Waals surface area (Å²) in [5.74, 6) is -1.11. The second-order valence-electron chi connectivity index (χ2n) is 9.81. The molecule has 1 aliphatic rings. The Balaban J connectivity index is 1.90. The number of hydrogen-bond donors (Lipinski definition) is 3. The molecule has 14 nitrogen and oxygen atoms in total. The van der Waals surface area contributed by atoms with Gasteiger partial charge in [0.1, 0.15) is 18.6 Å². The van der Waals surface area contributed by atoms with E-state index in [0.717, 1.165) is 0 Å². The van der Waals surface area contributed by atoms with Gasteiger partial charge in [0.05, 0.1) is 59.4 Å². The van der Waals surface area contributed by atoms with E-state index < -0.39 is 6.04 Å². The summed E-state index contributed by atoms with van der Waals surface area (Å²) in [7, 11) is 0. The molecule has 1 aliphatic heterocycles. The van der Waals surface area contributed by atoms with Gasteiger partial charge in [-0.3, -0.25) is 24.0 Å². The van der Waals surface area contributed by atoms with Crippen LogP contribution in [0.2, 0.25) is 0 Å². The summed E-state index contributed by atoms with van der Waals surface area (Å²) in [6.45, 7) is 9.23. The molecule has 14 heteroatoms. The highest BCUT2D eigenvalue weighted by molar-refractivity contribution is 5.90. The third-order valence-corrected chi connectivity index (χ3v) is 5.82. The number of hydrogen-bond acceptors (Lipinski definition) is 10. The number of ether oxygens (including phenoxy) is 5. The lowest BCUT2D eigenvalue weighted by atomic mass is 10.0. The molecule has 0 bridgehead atoms. The highest BCUT2D eigenvalue weighted by Gasteiger charge is 2.24. The van der Waals surface area contributed by atoms with Crippen LogP contribution >= 0.6 is 0 Å². The standard InChI is InChI=1S/C27H48N4O10/c1-21(2)26(27(36)29-19-22(3)32)30-24(34)7-11-37-13-15-39-17-18-40-16-14-38-12-8-28-23(33)6-9-31-20-41-10-4-5-25(31)35/h21,26H,4-20H2,1-3H3,(H,28,33)(H,29,36)(H,30,34)/t26-/m0/s1. The number of amides is 4. The van der Waals surface area contributed by atoms with Crippen LogP contribution in [0.25, 0.3) is 0 Å². The minimum absolute atomic E-state index is 0.0165. The normalized spacial score (nSPS) is 14.4. The summed E-state index contributed by atoms with van der Waals surface area (Å²) < 4.78 is 27.0. The van der Waals surface area contributed by atoms with Crippen LogP contribution in [0.4, 0.5) is 0 Å². The van der Waals surface area contributed by atoms with Crippen LogP contribution < -0.4 is 16.0 Å². The molecule has 1 heterocycles. The molecular weight excluding hydrogens is 540 g/mol. The van der Waals surface area contributed by atoms with Gasteiger partial charge in [-0.15, -0.1) is 0 Å². The smallest absolute Gasteiger partial charge is 0.243 e. The number of ketones is 1. The first-order chi connectivity index (χ1) is 19.7. The van der Waals surface area contributed by atoms with Gasteiger partial charge in [-0.2, -0.15) is 0 Å². The molecule has 4 amide bonds. The highest BCUT2D eigenvalue weighted by Crippen LogP contribution is 2.05. The van der Waals surface area contributed by atoms with Crippen molar-refractivity contribution in [2.75, 3.05) is 85.8 Å². The maximum Gasteiger partial charge on any atom is 0.243 e. The topological polar surface area (TPSA) is 171 Å². The molecule has 3 N–H and O–H groups in total. The average molecular weight is 589 g/mol. The van der Waals surface area contributed by atoms with Gasteiger partial charge < -0.3 is 44.5 Å². The van der Waals surface area contributed by atoms with Crippen LogP contribution in [0.3, 0.4) is 0 Å². The largest absolute Gasteiger partial charge is 0.379 e. The molecule has 236 valence electrons. The molecule has 1 saturated heterocycles. The second kappa shape index (κ2) is 23.0. The van der Waals surface area contributed by atoms with E-state index in [1.807, 2.05) is 13.8 Å². The lowest BCUT2D eigenvalue weighted by Gasteiger charge is -2.21. The Hall–Kier alpha value is -2.65. The van der Waals surface area contributed by atoms with E-state index >= 15 is 0 Å². The fourth-order valence-corrected chi connectivity index (χ4v) is 3.54. The van der Waals surface area contributed by atoms with E-state index in [1.54, 1.807) is 4.90 Å². The highest BCUT2D eigenvalue weighted by atomic mass is 16.6. The SMILES string of the molecule is CC(=O)CNC(=O)[C@@H](NC(=O)CCOCCOCCOCCOCCNC(=O)CCN1COCCCC1=O)C(C)C. The molecule has 0 spiro atoms. The van der Waals surface area contributed by atoms with E-state index in [4.69, 9.17) is 23.7 Å². The van der Waals surface area contributed by atoms with Crippen molar-refractivity contribution >= 4 is 29.4 Å². The Morgan fingerprint density at radius 2 is 1.46 bits per heavy atom. The Morgan fingerprint density at radius 1 is 0.854 bits per heavy atom. The number of carbonyl (C=O) groups excluding carboxylic acids is 5. The molecule has 0 radical (unpaired) electrons. The number of nitrogens with one attached hydrogen (secondary N) is 3. The number of nitrogens with zero attached hydrogens (tertiary/aromatic N) is 1. The van der Waals surface area contributed by atoms with Crippen LogP contribution in [0, 0.1) is 5.92 Å². The maximum atomic E-state index is 12.2. The zero-order valence-corrected chi connectivity index (χ0v) is 24.7. The first-order valence-corrected chi connectivity index (χ1v) is 14.2. The number of rotatable bonds is 23. The lowest BCUT2D eigenvalue weighted by molar-refractivity contribution is -0.134. The van der Waals surface area contributed by atoms with Gasteiger partial charge in [0.2, 0.25) is 23.6 Å². The van der Waals surface area contributed by atoms with E-state index in [-0.39, 0.29) is 68.1 Å². The Bertz CT molecular complexity index is 796. The van der Waals surface area contributed by atoms with Crippen LogP contribution in [-0.4, -0.2) is 126 Å². The summed E-state index contributed by atoms with van der Waals surface area (Å²) in [6, 6.07) is -0.717. The quantitative estimate of drug-likeness (QED) is 0.131. The van der Waals surface area contributed by atoms with Gasteiger partial charge in [-0.1, -0.05) is 13.8 Å². The molecule has 0 saturated carbocycles. The third-order valence-electron chi connectivity index (χ3n) is 5.82. The van der Waals surface area contributed by atoms with Crippen LogP contribution in [0.15, 0.2) is 0 Å². The van der Waals surface area contributed by atoms with Crippen molar-refractivity contribution in [1.82, 2.24) is 20.9 Å².